The normalized spacial score (nSPS) is 12.0. The van der Waals surface area contributed by atoms with Crippen molar-refractivity contribution in [2.45, 2.75) is 11.8 Å². The van der Waals surface area contributed by atoms with Gasteiger partial charge in [0.05, 0.1) is 33.1 Å². The van der Waals surface area contributed by atoms with Crippen molar-refractivity contribution in [1.82, 2.24) is 9.78 Å². The molecule has 1 aromatic heterocycles. The van der Waals surface area contributed by atoms with E-state index in [1.165, 1.54) is 24.6 Å². The van der Waals surface area contributed by atoms with E-state index in [4.69, 9.17) is 0 Å². The van der Waals surface area contributed by atoms with E-state index in [0.29, 0.717) is 11.3 Å². The number of hydrogen-bond acceptors (Lipinski definition) is 3. The number of amides is 1. The number of hydrogen-bond donors (Lipinski definition) is 1. The van der Waals surface area contributed by atoms with Crippen LogP contribution in [0.5, 0.6) is 0 Å². The molecule has 3 rings (SSSR count). The fourth-order valence-electron chi connectivity index (χ4n) is 2.41. The monoisotopic (exact) mass is 357 g/mol. The van der Waals surface area contributed by atoms with Crippen molar-refractivity contribution in [3.8, 4) is 5.69 Å². The lowest BCUT2D eigenvalue weighted by atomic mass is 10.2. The Labute approximate surface area is 146 Å². The van der Waals surface area contributed by atoms with Crippen LogP contribution in [0.1, 0.15) is 15.9 Å². The SMILES string of the molecule is Cc1ccccc1-n1cc(C(=O)Nc2ccc(S(C)=O)c(F)c2)cn1. The zero-order valence-electron chi connectivity index (χ0n) is 13.7. The highest BCUT2D eigenvalue weighted by Gasteiger charge is 2.13. The lowest BCUT2D eigenvalue weighted by molar-refractivity contribution is 0.102. The molecule has 0 saturated heterocycles. The van der Waals surface area contributed by atoms with Crippen LogP contribution in [-0.4, -0.2) is 26.2 Å². The van der Waals surface area contributed by atoms with Crippen LogP contribution in [0, 0.1) is 12.7 Å². The average Bonchev–Trinajstić information content (AvgIpc) is 3.05. The van der Waals surface area contributed by atoms with E-state index in [1.54, 1.807) is 10.9 Å². The Morgan fingerprint density at radius 3 is 2.68 bits per heavy atom. The summed E-state index contributed by atoms with van der Waals surface area (Å²) in [4.78, 5) is 12.4. The molecule has 3 aromatic rings. The van der Waals surface area contributed by atoms with Crippen LogP contribution in [0.25, 0.3) is 5.69 Å². The van der Waals surface area contributed by atoms with E-state index in [9.17, 15) is 13.4 Å². The Kier molecular flexibility index (Phi) is 4.76. The minimum absolute atomic E-state index is 0.102. The Balaban J connectivity index is 1.80. The molecule has 0 saturated carbocycles. The Morgan fingerprint density at radius 2 is 2.00 bits per heavy atom. The second-order valence-corrected chi connectivity index (χ2v) is 6.86. The van der Waals surface area contributed by atoms with Crippen molar-refractivity contribution < 1.29 is 13.4 Å². The number of nitrogens with zero attached hydrogens (tertiary/aromatic N) is 2. The number of carbonyl (C=O) groups excluding carboxylic acids is 1. The van der Waals surface area contributed by atoms with Gasteiger partial charge < -0.3 is 5.32 Å². The summed E-state index contributed by atoms with van der Waals surface area (Å²) in [6, 6.07) is 11.8. The summed E-state index contributed by atoms with van der Waals surface area (Å²) in [5, 5.41) is 6.82. The first kappa shape index (κ1) is 17.0. The van der Waals surface area contributed by atoms with Crippen LogP contribution < -0.4 is 5.32 Å². The minimum atomic E-state index is -1.42. The van der Waals surface area contributed by atoms with E-state index in [1.807, 2.05) is 31.2 Å². The quantitative estimate of drug-likeness (QED) is 0.779. The standard InChI is InChI=1S/C18H16FN3O2S/c1-12-5-3-4-6-16(12)22-11-13(10-20-22)18(23)21-14-7-8-17(25(2)24)15(19)9-14/h3-11H,1-2H3,(H,21,23). The maximum absolute atomic E-state index is 13.9. The van der Waals surface area contributed by atoms with Gasteiger partial charge in [-0.15, -0.1) is 0 Å². The summed E-state index contributed by atoms with van der Waals surface area (Å²) in [6.07, 6.45) is 4.47. The van der Waals surface area contributed by atoms with Gasteiger partial charge >= 0.3 is 0 Å². The molecule has 0 aliphatic carbocycles. The molecule has 0 radical (unpaired) electrons. The molecule has 1 unspecified atom stereocenters. The summed E-state index contributed by atoms with van der Waals surface area (Å²) >= 11 is 0. The van der Waals surface area contributed by atoms with Gasteiger partial charge in [0, 0.05) is 18.1 Å². The minimum Gasteiger partial charge on any atom is -0.322 e. The van der Waals surface area contributed by atoms with E-state index in [-0.39, 0.29) is 4.90 Å². The van der Waals surface area contributed by atoms with Crippen molar-refractivity contribution in [3.05, 3.63) is 71.8 Å². The highest BCUT2D eigenvalue weighted by atomic mass is 32.2. The van der Waals surface area contributed by atoms with Crippen LogP contribution in [-0.2, 0) is 10.8 Å². The molecular formula is C18H16FN3O2S. The van der Waals surface area contributed by atoms with Gasteiger partial charge in [-0.1, -0.05) is 18.2 Å². The molecule has 0 spiro atoms. The molecule has 7 heteroatoms. The van der Waals surface area contributed by atoms with Gasteiger partial charge in [0.1, 0.15) is 5.82 Å². The molecule has 25 heavy (non-hydrogen) atoms. The first-order valence-electron chi connectivity index (χ1n) is 7.50. The van der Waals surface area contributed by atoms with Gasteiger partial charge in [-0.05, 0) is 36.8 Å². The topological polar surface area (TPSA) is 64.0 Å². The molecule has 0 aliphatic rings. The van der Waals surface area contributed by atoms with Crippen LogP contribution >= 0.6 is 0 Å². The lowest BCUT2D eigenvalue weighted by Gasteiger charge is -2.06. The van der Waals surface area contributed by atoms with Crippen LogP contribution in [0.4, 0.5) is 10.1 Å². The molecule has 1 atom stereocenters. The predicted molar refractivity (Wildman–Crippen MR) is 95.0 cm³/mol. The second kappa shape index (κ2) is 6.98. The number of aryl methyl sites for hydroxylation is 1. The maximum atomic E-state index is 13.9. The number of para-hydroxylation sites is 1. The third-order valence-corrected chi connectivity index (χ3v) is 4.66. The number of rotatable bonds is 4. The van der Waals surface area contributed by atoms with E-state index < -0.39 is 22.5 Å². The number of carbonyl (C=O) groups is 1. The summed E-state index contributed by atoms with van der Waals surface area (Å²) in [7, 11) is -1.42. The molecule has 0 fully saturated rings. The van der Waals surface area contributed by atoms with Gasteiger partial charge in [-0.3, -0.25) is 9.00 Å². The van der Waals surface area contributed by atoms with Gasteiger partial charge in [0.15, 0.2) is 0 Å². The average molecular weight is 357 g/mol. The molecule has 1 heterocycles. The molecule has 2 aromatic carbocycles. The zero-order valence-corrected chi connectivity index (χ0v) is 14.5. The molecular weight excluding hydrogens is 341 g/mol. The summed E-state index contributed by atoms with van der Waals surface area (Å²) in [6.45, 7) is 1.96. The lowest BCUT2D eigenvalue weighted by Crippen LogP contribution is -2.11. The third kappa shape index (κ3) is 3.66. The zero-order chi connectivity index (χ0) is 18.0. The van der Waals surface area contributed by atoms with Crippen molar-refractivity contribution in [1.29, 1.82) is 0 Å². The van der Waals surface area contributed by atoms with Crippen LogP contribution in [0.2, 0.25) is 0 Å². The first-order chi connectivity index (χ1) is 12.0. The number of benzene rings is 2. The Morgan fingerprint density at radius 1 is 1.24 bits per heavy atom. The van der Waals surface area contributed by atoms with Crippen molar-refractivity contribution in [2.75, 3.05) is 11.6 Å². The van der Waals surface area contributed by atoms with Crippen molar-refractivity contribution in [2.24, 2.45) is 0 Å². The summed E-state index contributed by atoms with van der Waals surface area (Å²) in [5.41, 5.74) is 2.55. The van der Waals surface area contributed by atoms with E-state index >= 15 is 0 Å². The molecule has 1 N–H and O–H groups in total. The predicted octanol–water partition coefficient (Wildman–Crippen LogP) is 3.31. The van der Waals surface area contributed by atoms with E-state index in [2.05, 4.69) is 10.4 Å². The molecule has 5 nitrogen and oxygen atoms in total. The molecule has 0 aliphatic heterocycles. The maximum Gasteiger partial charge on any atom is 0.258 e. The van der Waals surface area contributed by atoms with Gasteiger partial charge in [-0.2, -0.15) is 5.10 Å². The summed E-state index contributed by atoms with van der Waals surface area (Å²) < 4.78 is 26.8. The number of nitrogens with one attached hydrogen (secondary N) is 1. The fraction of sp³-hybridized carbons (Fsp3) is 0.111. The smallest absolute Gasteiger partial charge is 0.258 e. The van der Waals surface area contributed by atoms with E-state index in [0.717, 1.165) is 17.3 Å². The van der Waals surface area contributed by atoms with Crippen LogP contribution in [0.3, 0.4) is 0 Å². The van der Waals surface area contributed by atoms with Gasteiger partial charge in [0.25, 0.3) is 5.91 Å². The summed E-state index contributed by atoms with van der Waals surface area (Å²) in [5.74, 6) is -1.01. The number of anilines is 1. The highest BCUT2D eigenvalue weighted by molar-refractivity contribution is 7.84. The van der Waals surface area contributed by atoms with Crippen LogP contribution in [0.15, 0.2) is 59.8 Å². The third-order valence-electron chi connectivity index (χ3n) is 3.71. The van der Waals surface area contributed by atoms with Gasteiger partial charge in [0.2, 0.25) is 0 Å². The molecule has 1 amide bonds. The highest BCUT2D eigenvalue weighted by Crippen LogP contribution is 2.18. The first-order valence-corrected chi connectivity index (χ1v) is 9.06. The fourth-order valence-corrected chi connectivity index (χ4v) is 3.00. The molecule has 128 valence electrons. The molecule has 0 bridgehead atoms. The number of aromatic nitrogens is 2. The van der Waals surface area contributed by atoms with Crippen molar-refractivity contribution in [3.63, 3.8) is 0 Å². The van der Waals surface area contributed by atoms with Gasteiger partial charge in [-0.25, -0.2) is 9.07 Å². The largest absolute Gasteiger partial charge is 0.322 e. The Hall–Kier alpha value is -2.80. The Bertz CT molecular complexity index is 968. The second-order valence-electron chi connectivity index (χ2n) is 5.51. The number of halogens is 1. The van der Waals surface area contributed by atoms with Crippen molar-refractivity contribution >= 4 is 22.4 Å².